The number of carbonyl (C=O) groups excluding carboxylic acids is 3. The molecular formula is C33H42N6O5. The predicted molar refractivity (Wildman–Crippen MR) is 164 cm³/mol. The van der Waals surface area contributed by atoms with Gasteiger partial charge in [0.1, 0.15) is 11.4 Å². The van der Waals surface area contributed by atoms with Crippen LogP contribution in [0.5, 0.6) is 5.75 Å². The van der Waals surface area contributed by atoms with Gasteiger partial charge in [-0.2, -0.15) is 0 Å². The smallest absolute Gasteiger partial charge is 0.410 e. The summed E-state index contributed by atoms with van der Waals surface area (Å²) >= 11 is 0. The number of amides is 3. The molecule has 11 nitrogen and oxygen atoms in total. The van der Waals surface area contributed by atoms with Crippen LogP contribution in [0, 0.1) is 24.3 Å². The average molecular weight is 603 g/mol. The number of aromatic nitrogens is 1. The van der Waals surface area contributed by atoms with Crippen LogP contribution >= 0.6 is 0 Å². The van der Waals surface area contributed by atoms with Gasteiger partial charge in [-0.05, 0) is 76.1 Å². The summed E-state index contributed by atoms with van der Waals surface area (Å²) in [5.74, 6) is 1.59. The first-order valence-electron chi connectivity index (χ1n) is 15.8. The lowest BCUT2D eigenvalue weighted by Gasteiger charge is -2.42. The molecule has 1 aromatic carbocycles. The van der Waals surface area contributed by atoms with Crippen molar-refractivity contribution in [1.82, 2.24) is 25.0 Å². The largest absolute Gasteiger partial charge is 0.493 e. The van der Waals surface area contributed by atoms with Crippen molar-refractivity contribution in [3.8, 4) is 5.75 Å². The number of pyridine rings is 1. The monoisotopic (exact) mass is 602 g/mol. The minimum Gasteiger partial charge on any atom is -0.493 e. The number of ether oxygens (including phenoxy) is 2. The van der Waals surface area contributed by atoms with Crippen molar-refractivity contribution in [2.75, 3.05) is 45.9 Å². The molecule has 4 fully saturated rings. The molecule has 0 bridgehead atoms. The molecule has 0 unspecified atom stereocenters. The van der Waals surface area contributed by atoms with Crippen LogP contribution < -0.4 is 10.1 Å². The van der Waals surface area contributed by atoms with Crippen molar-refractivity contribution in [3.05, 3.63) is 47.4 Å². The Balaban J connectivity index is 0.954. The van der Waals surface area contributed by atoms with Gasteiger partial charge in [0, 0.05) is 62.7 Å². The minimum absolute atomic E-state index is 0.130. The number of hydrogen-bond acceptors (Lipinski definition) is 7. The summed E-state index contributed by atoms with van der Waals surface area (Å²) in [5, 5.41) is 3.43. The molecule has 4 heterocycles. The van der Waals surface area contributed by atoms with E-state index in [1.807, 2.05) is 43.9 Å². The van der Waals surface area contributed by atoms with E-state index in [2.05, 4.69) is 20.0 Å². The zero-order valence-corrected chi connectivity index (χ0v) is 25.8. The van der Waals surface area contributed by atoms with Crippen molar-refractivity contribution in [2.24, 2.45) is 17.8 Å². The summed E-state index contributed by atoms with van der Waals surface area (Å²) in [5.41, 5.74) is 0.647. The lowest BCUT2D eigenvalue weighted by molar-refractivity contribution is -0.131. The second kappa shape index (κ2) is 12.2. The van der Waals surface area contributed by atoms with E-state index in [9.17, 15) is 14.4 Å². The third-order valence-corrected chi connectivity index (χ3v) is 9.17. The summed E-state index contributed by atoms with van der Waals surface area (Å²) in [4.78, 5) is 52.2. The maximum absolute atomic E-state index is 13.1. The number of likely N-dealkylation sites (tertiary alicyclic amines) is 3. The van der Waals surface area contributed by atoms with Crippen molar-refractivity contribution in [1.29, 1.82) is 0 Å². The van der Waals surface area contributed by atoms with E-state index in [4.69, 9.17) is 16.0 Å². The predicted octanol–water partition coefficient (Wildman–Crippen LogP) is 3.79. The van der Waals surface area contributed by atoms with Crippen LogP contribution in [-0.4, -0.2) is 101 Å². The van der Waals surface area contributed by atoms with E-state index in [0.29, 0.717) is 46.6 Å². The third kappa shape index (κ3) is 6.75. The number of rotatable bonds is 8. The zero-order chi connectivity index (χ0) is 31.0. The average Bonchev–Trinajstić information content (AvgIpc) is 3.64. The Hall–Kier alpha value is -3.91. The number of nitrogens with one attached hydrogen (secondary N) is 1. The molecule has 0 spiro atoms. The van der Waals surface area contributed by atoms with E-state index in [1.165, 1.54) is 0 Å². The summed E-state index contributed by atoms with van der Waals surface area (Å²) in [6.45, 7) is 18.0. The number of piperidine rings is 2. The fourth-order valence-corrected chi connectivity index (χ4v) is 6.79. The van der Waals surface area contributed by atoms with Crippen LogP contribution in [0.1, 0.15) is 56.8 Å². The maximum Gasteiger partial charge on any atom is 0.410 e. The summed E-state index contributed by atoms with van der Waals surface area (Å²) in [6, 6.07) is 7.38. The highest BCUT2D eigenvalue weighted by Crippen LogP contribution is 2.48. The number of benzene rings is 1. The van der Waals surface area contributed by atoms with E-state index in [-0.39, 0.29) is 30.5 Å². The van der Waals surface area contributed by atoms with Gasteiger partial charge in [-0.1, -0.05) is 0 Å². The minimum atomic E-state index is -0.469. The van der Waals surface area contributed by atoms with E-state index < -0.39 is 11.8 Å². The fraction of sp³-hybridized carbons (Fsp3) is 0.606. The highest BCUT2D eigenvalue weighted by Gasteiger charge is 2.57. The number of hydrogen-bond donors (Lipinski definition) is 1. The van der Waals surface area contributed by atoms with E-state index in [1.54, 1.807) is 17.2 Å². The molecular weight excluding hydrogens is 560 g/mol. The highest BCUT2D eigenvalue weighted by molar-refractivity contribution is 6.07. The Morgan fingerprint density at radius 1 is 1.09 bits per heavy atom. The van der Waals surface area contributed by atoms with Crippen LogP contribution in [0.15, 0.2) is 30.5 Å². The maximum atomic E-state index is 13.1. The van der Waals surface area contributed by atoms with E-state index in [0.717, 1.165) is 58.4 Å². The molecule has 3 aliphatic heterocycles. The summed E-state index contributed by atoms with van der Waals surface area (Å²) in [6.07, 6.45) is 4.65. The summed E-state index contributed by atoms with van der Waals surface area (Å²) < 4.78 is 11.7. The SMILES string of the molecule is [C-]#[N+][C@@H]1C[C@@H]2C[C@@H]2N1C(=O)CNC(=O)c1ccnc2ccc(OCC3CN(CC4CCN(C(=O)OC(C)(C)C)CC4)C3)cc12. The molecule has 3 saturated heterocycles. The molecule has 3 atom stereocenters. The van der Waals surface area contributed by atoms with Crippen molar-refractivity contribution < 1.29 is 23.9 Å². The van der Waals surface area contributed by atoms with Gasteiger partial charge in [-0.3, -0.25) is 24.3 Å². The first kappa shape index (κ1) is 30.1. The van der Waals surface area contributed by atoms with Crippen molar-refractivity contribution >= 4 is 28.8 Å². The molecule has 3 amide bonds. The van der Waals surface area contributed by atoms with Crippen LogP contribution in [0.25, 0.3) is 15.7 Å². The van der Waals surface area contributed by atoms with Crippen molar-refractivity contribution in [3.63, 3.8) is 0 Å². The third-order valence-electron chi connectivity index (χ3n) is 9.17. The Bertz CT molecular complexity index is 1450. The van der Waals surface area contributed by atoms with Gasteiger partial charge in [0.15, 0.2) is 0 Å². The van der Waals surface area contributed by atoms with Crippen molar-refractivity contribution in [2.45, 2.75) is 64.3 Å². The van der Waals surface area contributed by atoms with Crippen LogP contribution in [-0.2, 0) is 9.53 Å². The van der Waals surface area contributed by atoms with E-state index >= 15 is 0 Å². The quantitative estimate of drug-likeness (QED) is 0.458. The molecule has 234 valence electrons. The number of nitrogens with zero attached hydrogens (tertiary/aromatic N) is 5. The Labute approximate surface area is 258 Å². The number of fused-ring (bicyclic) bond motifs is 2. The highest BCUT2D eigenvalue weighted by atomic mass is 16.6. The lowest BCUT2D eigenvalue weighted by atomic mass is 9.93. The second-order valence-corrected chi connectivity index (χ2v) is 13.7. The zero-order valence-electron chi connectivity index (χ0n) is 25.8. The van der Waals surface area contributed by atoms with Gasteiger partial charge in [0.2, 0.25) is 5.91 Å². The van der Waals surface area contributed by atoms with Gasteiger partial charge in [0.25, 0.3) is 5.91 Å². The Kier molecular flexibility index (Phi) is 8.38. The van der Waals surface area contributed by atoms with Gasteiger partial charge in [-0.25, -0.2) is 11.4 Å². The normalized spacial score (nSPS) is 23.9. The molecule has 1 aromatic heterocycles. The molecule has 1 aliphatic carbocycles. The first-order valence-corrected chi connectivity index (χ1v) is 15.8. The van der Waals surface area contributed by atoms with Gasteiger partial charge < -0.3 is 24.6 Å². The van der Waals surface area contributed by atoms with Gasteiger partial charge in [0.05, 0.1) is 24.2 Å². The second-order valence-electron chi connectivity index (χ2n) is 13.7. The first-order chi connectivity index (χ1) is 21.1. The molecule has 1 N–H and O–H groups in total. The van der Waals surface area contributed by atoms with Gasteiger partial charge >= 0.3 is 12.3 Å². The molecule has 1 saturated carbocycles. The molecule has 4 aliphatic rings. The topological polar surface area (TPSA) is 109 Å². The summed E-state index contributed by atoms with van der Waals surface area (Å²) in [7, 11) is 0. The molecule has 44 heavy (non-hydrogen) atoms. The fourth-order valence-electron chi connectivity index (χ4n) is 6.79. The number of carbonyl (C=O) groups is 3. The molecule has 11 heteroatoms. The Morgan fingerprint density at radius 2 is 1.86 bits per heavy atom. The van der Waals surface area contributed by atoms with Crippen LogP contribution in [0.3, 0.4) is 0 Å². The van der Waals surface area contributed by atoms with Crippen LogP contribution in [0.2, 0.25) is 0 Å². The lowest BCUT2D eigenvalue weighted by Crippen LogP contribution is -2.52. The molecule has 0 radical (unpaired) electrons. The Morgan fingerprint density at radius 3 is 2.59 bits per heavy atom. The van der Waals surface area contributed by atoms with Gasteiger partial charge in [-0.15, -0.1) is 0 Å². The standard InChI is InChI=1S/C33H42N6O5/c1-33(2,3)44-32(42)38-11-8-21(9-12-38)17-37-18-22(19-37)20-43-24-5-6-27-26(15-24)25(7-10-35-27)31(41)36-16-30(40)39-28-13-23(28)14-29(39)34-4/h5-7,10,15,21-23,28-29H,8-9,11-14,16-20H2,1-3H3,(H,36,41)/t23-,28-,29-/m0/s1. The molecule has 2 aromatic rings. The van der Waals surface area contributed by atoms with Crippen LogP contribution in [0.4, 0.5) is 4.79 Å². The molecule has 6 rings (SSSR count).